The fraction of sp³-hybridized carbons (Fsp3) is 1.00. The lowest BCUT2D eigenvalue weighted by Crippen LogP contribution is -2.37. The molecule has 1 aliphatic rings. The highest BCUT2D eigenvalue weighted by molar-refractivity contribution is 4.73. The van der Waals surface area contributed by atoms with E-state index in [0.29, 0.717) is 12.8 Å². The van der Waals surface area contributed by atoms with E-state index in [1.54, 1.807) is 0 Å². The predicted molar refractivity (Wildman–Crippen MR) is 40.3 cm³/mol. The van der Waals surface area contributed by atoms with Crippen LogP contribution < -0.4 is 5.73 Å². The van der Waals surface area contributed by atoms with Crippen LogP contribution in [0.5, 0.6) is 0 Å². The van der Waals surface area contributed by atoms with Crippen LogP contribution >= 0.6 is 0 Å². The molecule has 0 aromatic rings. The van der Waals surface area contributed by atoms with Crippen molar-refractivity contribution in [3.05, 3.63) is 0 Å². The first-order chi connectivity index (χ1) is 5.11. The van der Waals surface area contributed by atoms with Crippen molar-refractivity contribution in [1.29, 1.82) is 0 Å². The van der Waals surface area contributed by atoms with Crippen LogP contribution in [0.25, 0.3) is 0 Å². The lowest BCUT2D eigenvalue weighted by atomic mass is 9.98. The van der Waals surface area contributed by atoms with Crippen LogP contribution in [0.1, 0.15) is 38.5 Å². The number of hydrogen-bond donors (Lipinski definition) is 1. The molecule has 0 atom stereocenters. The van der Waals surface area contributed by atoms with Gasteiger partial charge in [-0.3, -0.25) is 5.73 Å². The Morgan fingerprint density at radius 2 is 1.45 bits per heavy atom. The zero-order valence-corrected chi connectivity index (χ0v) is 6.65. The van der Waals surface area contributed by atoms with Crippen molar-refractivity contribution >= 4 is 0 Å². The highest BCUT2D eigenvalue weighted by Gasteiger charge is 2.34. The van der Waals surface area contributed by atoms with Crippen LogP contribution in [-0.4, -0.2) is 6.05 Å². The van der Waals surface area contributed by atoms with Gasteiger partial charge in [-0.25, -0.2) is 0 Å². The Balaban J connectivity index is 2.43. The molecule has 3 heteroatoms. The van der Waals surface area contributed by atoms with Crippen molar-refractivity contribution in [3.63, 3.8) is 0 Å². The SMILES string of the molecule is NC(F)(F)C1CCCCCC1. The second-order valence-corrected chi connectivity index (χ2v) is 3.36. The molecule has 1 nitrogen and oxygen atoms in total. The van der Waals surface area contributed by atoms with E-state index in [1.807, 2.05) is 0 Å². The molecule has 0 spiro atoms. The summed E-state index contributed by atoms with van der Waals surface area (Å²) in [6.07, 6.45) is 5.21. The second-order valence-electron chi connectivity index (χ2n) is 3.36. The molecule has 0 aliphatic heterocycles. The summed E-state index contributed by atoms with van der Waals surface area (Å²) in [5, 5.41) is 0. The maximum atomic E-state index is 12.6. The topological polar surface area (TPSA) is 26.0 Å². The van der Waals surface area contributed by atoms with E-state index < -0.39 is 12.0 Å². The largest absolute Gasteiger partial charge is 0.302 e. The Morgan fingerprint density at radius 1 is 1.00 bits per heavy atom. The summed E-state index contributed by atoms with van der Waals surface area (Å²) in [5.74, 6) is -0.565. The molecule has 1 aliphatic carbocycles. The van der Waals surface area contributed by atoms with Crippen molar-refractivity contribution in [3.8, 4) is 0 Å². The Kier molecular flexibility index (Phi) is 2.82. The molecule has 0 saturated heterocycles. The monoisotopic (exact) mass is 163 g/mol. The van der Waals surface area contributed by atoms with Crippen molar-refractivity contribution < 1.29 is 8.78 Å². The molecule has 1 rings (SSSR count). The van der Waals surface area contributed by atoms with E-state index >= 15 is 0 Å². The van der Waals surface area contributed by atoms with Gasteiger partial charge in [0.1, 0.15) is 0 Å². The van der Waals surface area contributed by atoms with E-state index in [1.165, 1.54) is 0 Å². The first-order valence-corrected chi connectivity index (χ1v) is 4.27. The van der Waals surface area contributed by atoms with Gasteiger partial charge in [0.05, 0.1) is 0 Å². The molecule has 11 heavy (non-hydrogen) atoms. The first-order valence-electron chi connectivity index (χ1n) is 4.27. The zero-order chi connectivity index (χ0) is 8.32. The normalized spacial score (nSPS) is 23.2. The highest BCUT2D eigenvalue weighted by Crippen LogP contribution is 2.31. The molecule has 0 aromatic carbocycles. The predicted octanol–water partition coefficient (Wildman–Crippen LogP) is 2.51. The number of hydrogen-bond acceptors (Lipinski definition) is 1. The minimum Gasteiger partial charge on any atom is -0.272 e. The first kappa shape index (κ1) is 8.91. The van der Waals surface area contributed by atoms with Gasteiger partial charge in [0.25, 0.3) is 0 Å². The van der Waals surface area contributed by atoms with E-state index in [-0.39, 0.29) is 0 Å². The average molecular weight is 163 g/mol. The summed E-state index contributed by atoms with van der Waals surface area (Å²) in [6.45, 7) is 0. The van der Waals surface area contributed by atoms with E-state index in [9.17, 15) is 8.78 Å². The van der Waals surface area contributed by atoms with Crippen LogP contribution in [0.2, 0.25) is 0 Å². The van der Waals surface area contributed by atoms with Gasteiger partial charge < -0.3 is 0 Å². The number of alkyl halides is 2. The maximum absolute atomic E-state index is 12.6. The van der Waals surface area contributed by atoms with Crippen molar-refractivity contribution in [2.24, 2.45) is 11.7 Å². The molecule has 1 fully saturated rings. The summed E-state index contributed by atoms with van der Waals surface area (Å²) >= 11 is 0. The molecule has 0 amide bonds. The summed E-state index contributed by atoms with van der Waals surface area (Å²) in [4.78, 5) is 0. The van der Waals surface area contributed by atoms with Gasteiger partial charge in [0.2, 0.25) is 0 Å². The van der Waals surface area contributed by atoms with Gasteiger partial charge in [-0.2, -0.15) is 8.78 Å². The number of rotatable bonds is 1. The summed E-state index contributed by atoms with van der Waals surface area (Å²) < 4.78 is 25.1. The Labute approximate surface area is 66.0 Å². The standard InChI is InChI=1S/C8H15F2N/c9-8(10,11)7-5-3-1-2-4-6-7/h7H,1-6,11H2. The van der Waals surface area contributed by atoms with Crippen molar-refractivity contribution in [2.45, 2.75) is 44.6 Å². The van der Waals surface area contributed by atoms with Crippen LogP contribution in [0.4, 0.5) is 8.78 Å². The van der Waals surface area contributed by atoms with Gasteiger partial charge in [-0.05, 0) is 12.8 Å². The van der Waals surface area contributed by atoms with Crippen LogP contribution in [0.15, 0.2) is 0 Å². The Hall–Kier alpha value is -0.180. The third-order valence-electron chi connectivity index (χ3n) is 2.40. The minimum atomic E-state index is -2.94. The Bertz CT molecular complexity index is 112. The molecule has 0 aromatic heterocycles. The fourth-order valence-corrected chi connectivity index (χ4v) is 1.66. The van der Waals surface area contributed by atoms with Gasteiger partial charge in [0.15, 0.2) is 0 Å². The lowest BCUT2D eigenvalue weighted by molar-refractivity contribution is -0.0574. The van der Waals surface area contributed by atoms with Gasteiger partial charge in [-0.15, -0.1) is 0 Å². The van der Waals surface area contributed by atoms with Crippen LogP contribution in [0.3, 0.4) is 0 Å². The third-order valence-corrected chi connectivity index (χ3v) is 2.40. The molecule has 0 heterocycles. The summed E-state index contributed by atoms with van der Waals surface area (Å²) in [5.41, 5.74) is 4.75. The lowest BCUT2D eigenvalue weighted by Gasteiger charge is -2.20. The minimum absolute atomic E-state index is 0.565. The van der Waals surface area contributed by atoms with Gasteiger partial charge in [-0.1, -0.05) is 25.7 Å². The van der Waals surface area contributed by atoms with Gasteiger partial charge >= 0.3 is 6.05 Å². The molecule has 0 bridgehead atoms. The summed E-state index contributed by atoms with van der Waals surface area (Å²) in [7, 11) is 0. The number of nitrogens with two attached hydrogens (primary N) is 1. The molecule has 1 saturated carbocycles. The van der Waals surface area contributed by atoms with Crippen molar-refractivity contribution in [2.75, 3.05) is 0 Å². The van der Waals surface area contributed by atoms with E-state index in [4.69, 9.17) is 5.73 Å². The molecular formula is C8H15F2N. The van der Waals surface area contributed by atoms with Crippen LogP contribution in [-0.2, 0) is 0 Å². The quantitative estimate of drug-likeness (QED) is 0.466. The maximum Gasteiger partial charge on any atom is 0.302 e. The Morgan fingerprint density at radius 3 is 1.82 bits per heavy atom. The molecule has 0 unspecified atom stereocenters. The average Bonchev–Trinajstić information content (AvgIpc) is 2.10. The highest BCUT2D eigenvalue weighted by atomic mass is 19.3. The fourth-order valence-electron chi connectivity index (χ4n) is 1.66. The summed E-state index contributed by atoms with van der Waals surface area (Å²) in [6, 6.07) is -2.94. The molecule has 2 N–H and O–H groups in total. The molecule has 0 radical (unpaired) electrons. The second kappa shape index (κ2) is 3.48. The smallest absolute Gasteiger partial charge is 0.272 e. The van der Waals surface area contributed by atoms with Crippen LogP contribution in [0, 0.1) is 5.92 Å². The van der Waals surface area contributed by atoms with Gasteiger partial charge in [0, 0.05) is 5.92 Å². The van der Waals surface area contributed by atoms with E-state index in [2.05, 4.69) is 0 Å². The zero-order valence-electron chi connectivity index (χ0n) is 6.65. The van der Waals surface area contributed by atoms with Crippen molar-refractivity contribution in [1.82, 2.24) is 0 Å². The molecule has 66 valence electrons. The number of halogens is 2. The van der Waals surface area contributed by atoms with E-state index in [0.717, 1.165) is 25.7 Å². The molecular weight excluding hydrogens is 148 g/mol. The third kappa shape index (κ3) is 2.73.